The Morgan fingerprint density at radius 1 is 1.44 bits per heavy atom. The van der Waals surface area contributed by atoms with Crippen LogP contribution in [0, 0.1) is 6.92 Å². The van der Waals surface area contributed by atoms with Gasteiger partial charge in [0.25, 0.3) is 5.91 Å². The average Bonchev–Trinajstić information content (AvgIpc) is 2.21. The second-order valence-electron chi connectivity index (χ2n) is 3.56. The largest absolute Gasteiger partial charge is 0.368 e. The third-order valence-electron chi connectivity index (χ3n) is 2.21. The van der Waals surface area contributed by atoms with Gasteiger partial charge >= 0.3 is 0 Å². The van der Waals surface area contributed by atoms with Crippen LogP contribution < -0.4 is 11.1 Å². The number of carbonyl (C=O) groups excluding carboxylic acids is 2. The van der Waals surface area contributed by atoms with Gasteiger partial charge in [-0.25, -0.2) is 0 Å². The summed E-state index contributed by atoms with van der Waals surface area (Å²) in [7, 11) is 0. The summed E-state index contributed by atoms with van der Waals surface area (Å²) in [6.45, 7) is 3.47. The van der Waals surface area contributed by atoms with Crippen LogP contribution >= 0.6 is 15.9 Å². The summed E-state index contributed by atoms with van der Waals surface area (Å²) in [6, 6.07) is 4.56. The molecule has 0 fully saturated rings. The fraction of sp³-hybridized carbons (Fsp3) is 0.273. The van der Waals surface area contributed by atoms with Crippen LogP contribution in [0.1, 0.15) is 22.8 Å². The second-order valence-corrected chi connectivity index (χ2v) is 4.42. The molecule has 0 saturated heterocycles. The number of hydrogen-bond donors (Lipinski definition) is 2. The van der Waals surface area contributed by atoms with Crippen molar-refractivity contribution in [2.45, 2.75) is 19.9 Å². The van der Waals surface area contributed by atoms with Crippen LogP contribution in [0.3, 0.4) is 0 Å². The van der Waals surface area contributed by atoms with E-state index in [1.165, 1.54) is 0 Å². The number of nitrogens with two attached hydrogens (primary N) is 1. The summed E-state index contributed by atoms with van der Waals surface area (Å²) >= 11 is 3.34. The maximum Gasteiger partial charge on any atom is 0.251 e. The molecule has 16 heavy (non-hydrogen) atoms. The van der Waals surface area contributed by atoms with E-state index >= 15 is 0 Å². The van der Waals surface area contributed by atoms with Crippen LogP contribution in [0.15, 0.2) is 22.7 Å². The quantitative estimate of drug-likeness (QED) is 0.880. The zero-order chi connectivity index (χ0) is 12.3. The van der Waals surface area contributed by atoms with Crippen molar-refractivity contribution in [3.63, 3.8) is 0 Å². The summed E-state index contributed by atoms with van der Waals surface area (Å²) in [6.07, 6.45) is 0. The van der Waals surface area contributed by atoms with Gasteiger partial charge in [0.1, 0.15) is 6.04 Å². The predicted octanol–water partition coefficient (Wildman–Crippen LogP) is 1.36. The van der Waals surface area contributed by atoms with Gasteiger partial charge < -0.3 is 11.1 Å². The van der Waals surface area contributed by atoms with E-state index in [0.717, 1.165) is 10.0 Å². The van der Waals surface area contributed by atoms with Crippen molar-refractivity contribution in [1.82, 2.24) is 5.32 Å². The van der Waals surface area contributed by atoms with E-state index in [4.69, 9.17) is 5.73 Å². The number of nitrogens with one attached hydrogen (secondary N) is 1. The second kappa shape index (κ2) is 5.12. The lowest BCUT2D eigenvalue weighted by atomic mass is 10.1. The van der Waals surface area contributed by atoms with Gasteiger partial charge in [0.05, 0.1) is 0 Å². The molecule has 1 aromatic carbocycles. The van der Waals surface area contributed by atoms with E-state index in [0.29, 0.717) is 5.56 Å². The van der Waals surface area contributed by atoms with E-state index in [1.54, 1.807) is 19.1 Å². The Balaban J connectivity index is 2.81. The molecule has 1 rings (SSSR count). The first-order chi connectivity index (χ1) is 7.41. The normalized spacial score (nSPS) is 11.9. The Labute approximate surface area is 102 Å². The summed E-state index contributed by atoms with van der Waals surface area (Å²) in [5.74, 6) is -0.869. The number of carbonyl (C=O) groups is 2. The first-order valence-corrected chi connectivity index (χ1v) is 5.57. The molecule has 0 spiro atoms. The highest BCUT2D eigenvalue weighted by molar-refractivity contribution is 9.10. The number of amides is 2. The Hall–Kier alpha value is -1.36. The highest BCUT2D eigenvalue weighted by atomic mass is 79.9. The smallest absolute Gasteiger partial charge is 0.251 e. The summed E-state index contributed by atoms with van der Waals surface area (Å²) in [5, 5.41) is 2.51. The van der Waals surface area contributed by atoms with E-state index < -0.39 is 11.9 Å². The molecule has 1 aromatic rings. The Kier molecular flexibility index (Phi) is 4.06. The number of halogens is 1. The molecule has 0 heterocycles. The third-order valence-corrected chi connectivity index (χ3v) is 3.06. The van der Waals surface area contributed by atoms with Crippen molar-refractivity contribution in [1.29, 1.82) is 0 Å². The van der Waals surface area contributed by atoms with Crippen LogP contribution in [0.2, 0.25) is 0 Å². The predicted molar refractivity (Wildman–Crippen MR) is 65.0 cm³/mol. The molecule has 0 aliphatic rings. The molecule has 1 atom stereocenters. The van der Waals surface area contributed by atoms with Crippen LogP contribution in [-0.2, 0) is 4.79 Å². The van der Waals surface area contributed by atoms with E-state index in [9.17, 15) is 9.59 Å². The van der Waals surface area contributed by atoms with Gasteiger partial charge in [-0.15, -0.1) is 0 Å². The molecule has 0 saturated carbocycles. The lowest BCUT2D eigenvalue weighted by Crippen LogP contribution is -2.42. The summed E-state index contributed by atoms with van der Waals surface area (Å²) in [4.78, 5) is 22.5. The molecular weight excluding hydrogens is 272 g/mol. The number of rotatable bonds is 3. The zero-order valence-electron chi connectivity index (χ0n) is 9.08. The van der Waals surface area contributed by atoms with Crippen molar-refractivity contribution in [3.8, 4) is 0 Å². The van der Waals surface area contributed by atoms with Crippen molar-refractivity contribution in [2.75, 3.05) is 0 Å². The topological polar surface area (TPSA) is 72.2 Å². The van der Waals surface area contributed by atoms with E-state index in [1.807, 2.05) is 13.0 Å². The maximum absolute atomic E-state index is 11.7. The Morgan fingerprint density at radius 3 is 2.56 bits per heavy atom. The molecule has 0 aliphatic carbocycles. The van der Waals surface area contributed by atoms with Crippen molar-refractivity contribution >= 4 is 27.7 Å². The minimum absolute atomic E-state index is 0.313. The lowest BCUT2D eigenvalue weighted by molar-refractivity contribution is -0.119. The van der Waals surface area contributed by atoms with Crippen LogP contribution in [-0.4, -0.2) is 17.9 Å². The Morgan fingerprint density at radius 2 is 2.06 bits per heavy atom. The van der Waals surface area contributed by atoms with Gasteiger partial charge in [0, 0.05) is 10.0 Å². The Bertz CT molecular complexity index is 432. The van der Waals surface area contributed by atoms with Gasteiger partial charge in [-0.2, -0.15) is 0 Å². The van der Waals surface area contributed by atoms with Gasteiger partial charge in [-0.3, -0.25) is 9.59 Å². The van der Waals surface area contributed by atoms with Crippen molar-refractivity contribution in [2.24, 2.45) is 5.73 Å². The molecule has 5 heteroatoms. The molecule has 4 nitrogen and oxygen atoms in total. The molecule has 0 radical (unpaired) electrons. The van der Waals surface area contributed by atoms with Gasteiger partial charge in [0.2, 0.25) is 5.91 Å². The number of hydrogen-bond acceptors (Lipinski definition) is 2. The lowest BCUT2D eigenvalue weighted by Gasteiger charge is -2.10. The fourth-order valence-corrected chi connectivity index (χ4v) is 1.46. The minimum atomic E-state index is -0.674. The highest BCUT2D eigenvalue weighted by Crippen LogP contribution is 2.17. The van der Waals surface area contributed by atoms with Crippen LogP contribution in [0.5, 0.6) is 0 Å². The molecule has 3 N–H and O–H groups in total. The summed E-state index contributed by atoms with van der Waals surface area (Å²) < 4.78 is 0.854. The molecule has 0 aliphatic heterocycles. The van der Waals surface area contributed by atoms with E-state index in [-0.39, 0.29) is 5.91 Å². The number of benzene rings is 1. The maximum atomic E-state index is 11.7. The number of primary amides is 1. The standard InChI is InChI=1S/C11H13BrN2O2/c1-6-3-4-8(5-9(6)12)11(16)14-7(2)10(13)15/h3-5,7H,1-2H3,(H2,13,15)(H,14,16)/t7-/m0/s1. The van der Waals surface area contributed by atoms with Gasteiger partial charge in [0.15, 0.2) is 0 Å². The molecule has 0 aromatic heterocycles. The van der Waals surface area contributed by atoms with Gasteiger partial charge in [-0.1, -0.05) is 22.0 Å². The minimum Gasteiger partial charge on any atom is -0.368 e. The van der Waals surface area contributed by atoms with Crippen molar-refractivity contribution in [3.05, 3.63) is 33.8 Å². The molecule has 86 valence electrons. The van der Waals surface area contributed by atoms with E-state index in [2.05, 4.69) is 21.2 Å². The molecular formula is C11H13BrN2O2. The SMILES string of the molecule is Cc1ccc(C(=O)N[C@@H](C)C(N)=O)cc1Br. The first kappa shape index (κ1) is 12.7. The van der Waals surface area contributed by atoms with Crippen molar-refractivity contribution < 1.29 is 9.59 Å². The first-order valence-electron chi connectivity index (χ1n) is 4.78. The highest BCUT2D eigenvalue weighted by Gasteiger charge is 2.13. The monoisotopic (exact) mass is 284 g/mol. The number of aryl methyl sites for hydroxylation is 1. The molecule has 0 bridgehead atoms. The average molecular weight is 285 g/mol. The van der Waals surface area contributed by atoms with Crippen LogP contribution in [0.4, 0.5) is 0 Å². The van der Waals surface area contributed by atoms with Crippen LogP contribution in [0.25, 0.3) is 0 Å². The third kappa shape index (κ3) is 3.06. The summed E-state index contributed by atoms with van der Waals surface area (Å²) in [5.41, 5.74) is 6.59. The molecule has 2 amide bonds. The fourth-order valence-electron chi connectivity index (χ4n) is 1.09. The van der Waals surface area contributed by atoms with Gasteiger partial charge in [-0.05, 0) is 31.5 Å². The zero-order valence-corrected chi connectivity index (χ0v) is 10.7. The molecule has 0 unspecified atom stereocenters.